The van der Waals surface area contributed by atoms with Gasteiger partial charge in [-0.1, -0.05) is 10.3 Å². The Bertz CT molecular complexity index is 926. The van der Waals surface area contributed by atoms with E-state index < -0.39 is 0 Å². The van der Waals surface area contributed by atoms with Gasteiger partial charge in [0.05, 0.1) is 17.0 Å². The average molecular weight is 354 g/mol. The van der Waals surface area contributed by atoms with Crippen LogP contribution in [0.3, 0.4) is 0 Å². The van der Waals surface area contributed by atoms with Gasteiger partial charge in [-0.3, -0.25) is 4.79 Å². The molecule has 0 bridgehead atoms. The van der Waals surface area contributed by atoms with Crippen molar-refractivity contribution in [3.63, 3.8) is 0 Å². The highest BCUT2D eigenvalue weighted by Crippen LogP contribution is 2.34. The van der Waals surface area contributed by atoms with Crippen molar-refractivity contribution in [1.82, 2.24) is 30.3 Å². The number of likely N-dealkylation sites (tertiary alicyclic amines) is 1. The van der Waals surface area contributed by atoms with E-state index in [4.69, 9.17) is 4.52 Å². The molecule has 1 aliphatic heterocycles. The lowest BCUT2D eigenvalue weighted by Crippen LogP contribution is -2.38. The van der Waals surface area contributed by atoms with E-state index in [9.17, 15) is 4.79 Å². The molecular weight excluding hydrogens is 336 g/mol. The van der Waals surface area contributed by atoms with Crippen LogP contribution in [0.4, 0.5) is 0 Å². The minimum Gasteiger partial charge on any atom is -0.356 e. The molecule has 4 heterocycles. The zero-order valence-corrected chi connectivity index (χ0v) is 14.5. The molecule has 3 aromatic rings. The van der Waals surface area contributed by atoms with Crippen molar-refractivity contribution in [3.8, 4) is 11.3 Å². The van der Waals surface area contributed by atoms with Gasteiger partial charge in [-0.2, -0.15) is 0 Å². The summed E-state index contributed by atoms with van der Waals surface area (Å²) < 4.78 is 10.0. The second kappa shape index (κ2) is 6.66. The molecule has 0 atom stereocenters. The van der Waals surface area contributed by atoms with Crippen molar-refractivity contribution in [2.75, 3.05) is 13.1 Å². The fourth-order valence-corrected chi connectivity index (χ4v) is 3.28. The summed E-state index contributed by atoms with van der Waals surface area (Å²) in [5.74, 6) is 0.746. The van der Waals surface area contributed by atoms with Gasteiger partial charge in [-0.25, -0.2) is 14.6 Å². The molecule has 0 aliphatic carbocycles. The maximum atomic E-state index is 12.5. The number of carbonyl (C=O) groups is 1. The van der Waals surface area contributed by atoms with Crippen LogP contribution in [0.15, 0.2) is 27.7 Å². The lowest BCUT2D eigenvalue weighted by atomic mass is 9.90. The fourth-order valence-electron chi connectivity index (χ4n) is 3.28. The first-order valence-electron chi connectivity index (χ1n) is 8.45. The van der Waals surface area contributed by atoms with Crippen molar-refractivity contribution in [2.24, 2.45) is 0 Å². The first kappa shape index (κ1) is 16.4. The Labute approximate surface area is 149 Å². The number of aromatic nitrogens is 5. The molecule has 1 amide bonds. The Kier molecular flexibility index (Phi) is 4.19. The molecule has 134 valence electrons. The summed E-state index contributed by atoms with van der Waals surface area (Å²) in [5.41, 5.74) is 3.39. The highest BCUT2D eigenvalue weighted by molar-refractivity contribution is 5.93. The SMILES string of the molecule is Cc1cc(-c2cncnc2C2CCN(C(=O)c3nonc3C)CC2)on1. The van der Waals surface area contributed by atoms with Crippen molar-refractivity contribution in [3.05, 3.63) is 41.4 Å². The van der Waals surface area contributed by atoms with E-state index in [1.165, 1.54) is 0 Å². The van der Waals surface area contributed by atoms with Crippen molar-refractivity contribution in [2.45, 2.75) is 32.6 Å². The summed E-state index contributed by atoms with van der Waals surface area (Å²) in [7, 11) is 0. The quantitative estimate of drug-likeness (QED) is 0.703. The van der Waals surface area contributed by atoms with Gasteiger partial charge in [0.15, 0.2) is 11.5 Å². The first-order valence-corrected chi connectivity index (χ1v) is 8.45. The van der Waals surface area contributed by atoms with Crippen molar-refractivity contribution >= 4 is 5.91 Å². The van der Waals surface area contributed by atoms with E-state index in [1.54, 1.807) is 24.3 Å². The molecular formula is C17H18N6O3. The number of hydrogen-bond acceptors (Lipinski definition) is 8. The van der Waals surface area contributed by atoms with E-state index in [-0.39, 0.29) is 17.5 Å². The third-order valence-corrected chi connectivity index (χ3v) is 4.66. The van der Waals surface area contributed by atoms with Gasteiger partial charge < -0.3 is 9.42 Å². The normalized spacial score (nSPS) is 15.4. The molecule has 9 heteroatoms. The summed E-state index contributed by atoms with van der Waals surface area (Å²) in [4.78, 5) is 22.9. The molecule has 0 radical (unpaired) electrons. The van der Waals surface area contributed by atoms with Crippen LogP contribution in [0.5, 0.6) is 0 Å². The number of carbonyl (C=O) groups excluding carboxylic acids is 1. The summed E-state index contributed by atoms with van der Waals surface area (Å²) >= 11 is 0. The number of aryl methyl sites for hydroxylation is 2. The summed E-state index contributed by atoms with van der Waals surface area (Å²) in [6.45, 7) is 4.83. The van der Waals surface area contributed by atoms with Crippen LogP contribution in [-0.2, 0) is 0 Å². The molecule has 9 nitrogen and oxygen atoms in total. The summed E-state index contributed by atoms with van der Waals surface area (Å²) in [5, 5.41) is 11.3. The van der Waals surface area contributed by atoms with Crippen LogP contribution in [0.25, 0.3) is 11.3 Å². The Hall–Kier alpha value is -3.10. The van der Waals surface area contributed by atoms with Gasteiger partial charge in [-0.15, -0.1) is 0 Å². The third-order valence-electron chi connectivity index (χ3n) is 4.66. The second-order valence-corrected chi connectivity index (χ2v) is 6.42. The third kappa shape index (κ3) is 2.96. The van der Waals surface area contributed by atoms with Gasteiger partial charge in [0.2, 0.25) is 0 Å². The van der Waals surface area contributed by atoms with E-state index in [1.807, 2.05) is 13.0 Å². The number of piperidine rings is 1. The number of hydrogen-bond donors (Lipinski definition) is 0. The van der Waals surface area contributed by atoms with Crippen LogP contribution in [0, 0.1) is 13.8 Å². The molecule has 0 saturated carbocycles. The first-order chi connectivity index (χ1) is 12.6. The van der Waals surface area contributed by atoms with Gasteiger partial charge in [0, 0.05) is 31.3 Å². The molecule has 1 aliphatic rings. The molecule has 0 N–H and O–H groups in total. The number of amides is 1. The Morgan fingerprint density at radius 3 is 2.65 bits per heavy atom. The lowest BCUT2D eigenvalue weighted by Gasteiger charge is -2.31. The van der Waals surface area contributed by atoms with Crippen molar-refractivity contribution in [1.29, 1.82) is 0 Å². The maximum absolute atomic E-state index is 12.5. The average Bonchev–Trinajstić information content (AvgIpc) is 3.29. The zero-order valence-electron chi connectivity index (χ0n) is 14.5. The smallest absolute Gasteiger partial charge is 0.278 e. The van der Waals surface area contributed by atoms with Gasteiger partial charge in [-0.05, 0) is 31.8 Å². The van der Waals surface area contributed by atoms with E-state index in [2.05, 4.69) is 30.1 Å². The molecule has 26 heavy (non-hydrogen) atoms. The minimum absolute atomic E-state index is 0.143. The van der Waals surface area contributed by atoms with Gasteiger partial charge in [0.1, 0.15) is 12.0 Å². The van der Waals surface area contributed by atoms with Crippen LogP contribution in [0.1, 0.15) is 46.3 Å². The Morgan fingerprint density at radius 1 is 1.19 bits per heavy atom. The van der Waals surface area contributed by atoms with E-state index >= 15 is 0 Å². The van der Waals surface area contributed by atoms with Crippen LogP contribution in [0.2, 0.25) is 0 Å². The van der Waals surface area contributed by atoms with Gasteiger partial charge >= 0.3 is 0 Å². The van der Waals surface area contributed by atoms with Crippen LogP contribution < -0.4 is 0 Å². The Balaban J connectivity index is 1.51. The van der Waals surface area contributed by atoms with E-state index in [0.717, 1.165) is 29.8 Å². The zero-order chi connectivity index (χ0) is 18.1. The minimum atomic E-state index is -0.143. The molecule has 1 fully saturated rings. The standard InChI is InChI=1S/C17H18N6O3/c1-10-7-14(25-20-10)13-8-18-9-19-16(13)12-3-5-23(6-4-12)17(24)15-11(2)21-26-22-15/h7-9,12H,3-6H2,1-2H3. The summed E-state index contributed by atoms with van der Waals surface area (Å²) in [6.07, 6.45) is 4.90. The van der Waals surface area contributed by atoms with Crippen LogP contribution >= 0.6 is 0 Å². The number of rotatable bonds is 3. The van der Waals surface area contributed by atoms with E-state index in [0.29, 0.717) is 24.5 Å². The fraction of sp³-hybridized carbons (Fsp3) is 0.412. The highest BCUT2D eigenvalue weighted by Gasteiger charge is 2.29. The highest BCUT2D eigenvalue weighted by atomic mass is 16.6. The second-order valence-electron chi connectivity index (χ2n) is 6.42. The van der Waals surface area contributed by atoms with Crippen LogP contribution in [-0.4, -0.2) is 49.3 Å². The summed E-state index contributed by atoms with van der Waals surface area (Å²) in [6, 6.07) is 1.88. The Morgan fingerprint density at radius 2 is 2.00 bits per heavy atom. The van der Waals surface area contributed by atoms with Gasteiger partial charge in [0.25, 0.3) is 5.91 Å². The largest absolute Gasteiger partial charge is 0.356 e. The topological polar surface area (TPSA) is 111 Å². The van der Waals surface area contributed by atoms with Crippen molar-refractivity contribution < 1.29 is 13.9 Å². The maximum Gasteiger partial charge on any atom is 0.278 e. The predicted octanol–water partition coefficient (Wildman–Crippen LogP) is 2.15. The molecule has 0 aromatic carbocycles. The molecule has 3 aromatic heterocycles. The number of nitrogens with zero attached hydrogens (tertiary/aromatic N) is 6. The monoisotopic (exact) mass is 354 g/mol. The lowest BCUT2D eigenvalue weighted by molar-refractivity contribution is 0.0700. The molecule has 0 spiro atoms. The molecule has 1 saturated heterocycles. The molecule has 4 rings (SSSR count). The molecule has 0 unspecified atom stereocenters. The predicted molar refractivity (Wildman–Crippen MR) is 89.2 cm³/mol.